The third kappa shape index (κ3) is 7.05. The predicted molar refractivity (Wildman–Crippen MR) is 54.2 cm³/mol. The van der Waals surface area contributed by atoms with Crippen molar-refractivity contribution in [3.63, 3.8) is 0 Å². The highest BCUT2D eigenvalue weighted by atomic mass is 19.4. The van der Waals surface area contributed by atoms with Crippen molar-refractivity contribution in [1.29, 1.82) is 0 Å². The van der Waals surface area contributed by atoms with E-state index in [1.165, 1.54) is 0 Å². The van der Waals surface area contributed by atoms with Gasteiger partial charge in [-0.15, -0.1) is 0 Å². The van der Waals surface area contributed by atoms with Crippen molar-refractivity contribution in [2.45, 2.75) is 57.8 Å². The van der Waals surface area contributed by atoms with Gasteiger partial charge in [0.15, 0.2) is 0 Å². The van der Waals surface area contributed by atoms with E-state index in [2.05, 4.69) is 10.1 Å². The van der Waals surface area contributed by atoms with Gasteiger partial charge in [0, 0.05) is 12.1 Å². The Morgan fingerprint density at radius 1 is 0.944 bits per heavy atom. The number of hydrogen-bond donors (Lipinski definition) is 1. The molecule has 8 heteroatoms. The summed E-state index contributed by atoms with van der Waals surface area (Å²) < 4.78 is 77.2. The molecule has 0 saturated carbocycles. The Bertz CT molecular complexity index is 241. The van der Waals surface area contributed by atoms with Crippen LogP contribution in [-0.4, -0.2) is 36.6 Å². The third-order valence-corrected chi connectivity index (χ3v) is 1.88. The molecule has 1 atom stereocenters. The molecule has 1 unspecified atom stereocenters. The van der Waals surface area contributed by atoms with E-state index in [-0.39, 0.29) is 6.54 Å². The molecule has 2 nitrogen and oxygen atoms in total. The van der Waals surface area contributed by atoms with Gasteiger partial charge in [0.1, 0.15) is 0 Å². The lowest BCUT2D eigenvalue weighted by Gasteiger charge is -2.28. The largest absolute Gasteiger partial charge is 0.423 e. The Labute approximate surface area is 102 Å². The monoisotopic (exact) mass is 281 g/mol. The molecule has 1 N–H and O–H groups in total. The van der Waals surface area contributed by atoms with E-state index in [4.69, 9.17) is 0 Å². The molecule has 0 fully saturated rings. The molecule has 0 rings (SSSR count). The van der Waals surface area contributed by atoms with Crippen molar-refractivity contribution in [1.82, 2.24) is 5.32 Å². The van der Waals surface area contributed by atoms with Gasteiger partial charge in [-0.05, 0) is 27.7 Å². The fraction of sp³-hybridized carbons (Fsp3) is 1.00. The second-order valence-corrected chi connectivity index (χ2v) is 5.04. The highest BCUT2D eigenvalue weighted by Gasteiger charge is 2.58. The van der Waals surface area contributed by atoms with Crippen LogP contribution in [0.1, 0.15) is 27.7 Å². The summed E-state index contributed by atoms with van der Waals surface area (Å²) in [5, 5.41) is 2.77. The summed E-state index contributed by atoms with van der Waals surface area (Å²) in [4.78, 5) is 0. The minimum Gasteiger partial charge on any atom is -0.357 e. The fourth-order valence-corrected chi connectivity index (χ4v) is 1.07. The Morgan fingerprint density at radius 3 is 1.61 bits per heavy atom. The molecule has 110 valence electrons. The van der Waals surface area contributed by atoms with Crippen molar-refractivity contribution in [3.05, 3.63) is 0 Å². The molecule has 0 aromatic heterocycles. The Kier molecular flexibility index (Phi) is 5.49. The fourth-order valence-electron chi connectivity index (χ4n) is 1.07. The van der Waals surface area contributed by atoms with Crippen molar-refractivity contribution < 1.29 is 31.1 Å². The van der Waals surface area contributed by atoms with Gasteiger partial charge in [-0.3, -0.25) is 0 Å². The molecule has 0 bridgehead atoms. The summed E-state index contributed by atoms with van der Waals surface area (Å²) in [6.45, 7) is 6.27. The Hall–Kier alpha value is -0.500. The van der Waals surface area contributed by atoms with Gasteiger partial charge < -0.3 is 10.1 Å². The number of alkyl halides is 6. The molecule has 0 aliphatic rings. The molecule has 0 radical (unpaired) electrons. The van der Waals surface area contributed by atoms with Crippen LogP contribution in [0.25, 0.3) is 0 Å². The van der Waals surface area contributed by atoms with Crippen LogP contribution in [0.15, 0.2) is 0 Å². The van der Waals surface area contributed by atoms with E-state index in [1.54, 1.807) is 20.8 Å². The summed E-state index contributed by atoms with van der Waals surface area (Å²) in [5.74, 6) is 0. The summed E-state index contributed by atoms with van der Waals surface area (Å²) in [6.07, 6.45) is -15.9. The van der Waals surface area contributed by atoms with E-state index < -0.39 is 30.1 Å². The molecule has 0 aliphatic carbocycles. The van der Waals surface area contributed by atoms with Crippen LogP contribution in [0.3, 0.4) is 0 Å². The number of halogens is 6. The summed E-state index contributed by atoms with van der Waals surface area (Å²) in [6, 6.07) is 0. The smallest absolute Gasteiger partial charge is 0.357 e. The highest BCUT2D eigenvalue weighted by Crippen LogP contribution is 2.36. The van der Waals surface area contributed by atoms with Gasteiger partial charge >= 0.3 is 12.4 Å². The normalized spacial score (nSPS) is 16.2. The minimum absolute atomic E-state index is 0.105. The van der Waals surface area contributed by atoms with Crippen LogP contribution >= 0.6 is 0 Å². The van der Waals surface area contributed by atoms with Gasteiger partial charge in [0.05, 0.1) is 6.10 Å². The second kappa shape index (κ2) is 5.64. The standard InChI is InChI=1S/C10H17F6NO/c1-6(5-17-8(2,3)4)18-7(9(11,12)13)10(14,15)16/h6-7,17H,5H2,1-4H3. The zero-order valence-electron chi connectivity index (χ0n) is 10.5. The van der Waals surface area contributed by atoms with Crippen molar-refractivity contribution in [2.24, 2.45) is 0 Å². The number of nitrogens with one attached hydrogen (secondary N) is 1. The SMILES string of the molecule is CC(CNC(C)(C)C)OC(C(F)(F)F)C(F)(F)F. The Morgan fingerprint density at radius 2 is 1.33 bits per heavy atom. The second-order valence-electron chi connectivity index (χ2n) is 5.04. The van der Waals surface area contributed by atoms with Crippen molar-refractivity contribution >= 4 is 0 Å². The molecule has 18 heavy (non-hydrogen) atoms. The number of ether oxygens (including phenoxy) is 1. The van der Waals surface area contributed by atoms with Gasteiger partial charge in [-0.2, -0.15) is 26.3 Å². The van der Waals surface area contributed by atoms with Crippen molar-refractivity contribution in [2.75, 3.05) is 6.54 Å². The molecular weight excluding hydrogens is 264 g/mol. The summed E-state index contributed by atoms with van der Waals surface area (Å²) >= 11 is 0. The number of hydrogen-bond acceptors (Lipinski definition) is 2. The maximum Gasteiger partial charge on any atom is 0.423 e. The first-order valence-electron chi connectivity index (χ1n) is 5.27. The first-order valence-corrected chi connectivity index (χ1v) is 5.27. The topological polar surface area (TPSA) is 21.3 Å². The molecule has 0 saturated heterocycles. The minimum atomic E-state index is -5.46. The predicted octanol–water partition coefficient (Wildman–Crippen LogP) is 3.27. The van der Waals surface area contributed by atoms with Crippen LogP contribution in [0.2, 0.25) is 0 Å². The lowest BCUT2D eigenvalue weighted by molar-refractivity contribution is -0.329. The average Bonchev–Trinajstić information content (AvgIpc) is 2.05. The van der Waals surface area contributed by atoms with Crippen LogP contribution in [0.5, 0.6) is 0 Å². The van der Waals surface area contributed by atoms with Crippen LogP contribution in [0.4, 0.5) is 26.3 Å². The quantitative estimate of drug-likeness (QED) is 0.798. The van der Waals surface area contributed by atoms with Crippen LogP contribution in [0, 0.1) is 0 Å². The van der Waals surface area contributed by atoms with E-state index >= 15 is 0 Å². The van der Waals surface area contributed by atoms with Crippen molar-refractivity contribution in [3.8, 4) is 0 Å². The molecule has 0 spiro atoms. The van der Waals surface area contributed by atoms with E-state index in [9.17, 15) is 26.3 Å². The molecule has 0 aliphatic heterocycles. The maximum absolute atomic E-state index is 12.2. The average molecular weight is 281 g/mol. The third-order valence-electron chi connectivity index (χ3n) is 1.88. The van der Waals surface area contributed by atoms with Gasteiger partial charge in [-0.25, -0.2) is 0 Å². The van der Waals surface area contributed by atoms with E-state index in [0.717, 1.165) is 6.92 Å². The first kappa shape index (κ1) is 17.5. The maximum atomic E-state index is 12.2. The van der Waals surface area contributed by atoms with E-state index in [0.29, 0.717) is 0 Å². The van der Waals surface area contributed by atoms with Crippen LogP contribution in [-0.2, 0) is 4.74 Å². The highest BCUT2D eigenvalue weighted by molar-refractivity contribution is 4.79. The van der Waals surface area contributed by atoms with Gasteiger partial charge in [-0.1, -0.05) is 0 Å². The zero-order valence-corrected chi connectivity index (χ0v) is 10.5. The summed E-state index contributed by atoms with van der Waals surface area (Å²) in [5.41, 5.74) is -0.413. The van der Waals surface area contributed by atoms with Gasteiger partial charge in [0.25, 0.3) is 0 Å². The summed E-state index contributed by atoms with van der Waals surface area (Å²) in [7, 11) is 0. The molecular formula is C10H17F6NO. The molecule has 0 aromatic rings. The molecule has 0 aromatic carbocycles. The number of rotatable bonds is 4. The van der Waals surface area contributed by atoms with Crippen LogP contribution < -0.4 is 5.32 Å². The Balaban J connectivity index is 4.52. The molecule has 0 heterocycles. The lowest BCUT2D eigenvalue weighted by atomic mass is 10.1. The van der Waals surface area contributed by atoms with Gasteiger partial charge in [0.2, 0.25) is 6.10 Å². The van der Waals surface area contributed by atoms with E-state index in [1.807, 2.05) is 0 Å². The first-order chi connectivity index (χ1) is 7.73. The lowest BCUT2D eigenvalue weighted by Crippen LogP contribution is -2.49. The molecule has 0 amide bonds. The zero-order chi connectivity index (χ0) is 14.8.